The van der Waals surface area contributed by atoms with Gasteiger partial charge in [-0.2, -0.15) is 5.10 Å². The van der Waals surface area contributed by atoms with Gasteiger partial charge in [-0.3, -0.25) is 19.2 Å². The van der Waals surface area contributed by atoms with Crippen molar-refractivity contribution in [3.8, 4) is 0 Å². The summed E-state index contributed by atoms with van der Waals surface area (Å²) in [5, 5.41) is 7.84. The van der Waals surface area contributed by atoms with Crippen molar-refractivity contribution in [1.29, 1.82) is 0 Å². The molecule has 0 radical (unpaired) electrons. The summed E-state index contributed by atoms with van der Waals surface area (Å²) in [7, 11) is 0. The van der Waals surface area contributed by atoms with Crippen LogP contribution in [-0.2, 0) is 20.7 Å². The Labute approximate surface area is 224 Å². The number of fused-ring (bicyclic) bond motifs is 1. The van der Waals surface area contributed by atoms with Gasteiger partial charge in [0.25, 0.3) is 11.5 Å². The van der Waals surface area contributed by atoms with E-state index in [2.05, 4.69) is 10.2 Å². The second-order valence-electron chi connectivity index (χ2n) is 9.19. The largest absolute Gasteiger partial charge is 0.378 e. The molecule has 0 bridgehead atoms. The minimum absolute atomic E-state index is 0.0642. The van der Waals surface area contributed by atoms with Crippen LogP contribution < -0.4 is 11.3 Å². The van der Waals surface area contributed by atoms with Crippen LogP contribution in [0.5, 0.6) is 0 Å². The van der Waals surface area contributed by atoms with Gasteiger partial charge in [0.1, 0.15) is 5.82 Å². The molecule has 0 saturated carbocycles. The standard InChI is InChI=1S/C27H31FN6O5/c28-23-6-5-19(16-24-20-3-1-2-4-21(20)26(37)31-30-24)15-22(23)27(38)34-10-8-33(9-11-34)25(36)17-32(18-35)12-14-39-13-7-29/h1-6,15,18H,7-14,16-17,29H2,(H,31,37). The molecule has 4 rings (SSSR count). The third kappa shape index (κ3) is 6.84. The van der Waals surface area contributed by atoms with Gasteiger partial charge in [-0.25, -0.2) is 9.49 Å². The summed E-state index contributed by atoms with van der Waals surface area (Å²) in [6, 6.07) is 11.4. The number of halogens is 1. The molecule has 3 N–H and O–H groups in total. The Morgan fingerprint density at radius 1 is 1.08 bits per heavy atom. The molecule has 0 unspecified atom stereocenters. The summed E-state index contributed by atoms with van der Waals surface area (Å²) in [6.45, 7) is 2.24. The van der Waals surface area contributed by atoms with E-state index >= 15 is 0 Å². The van der Waals surface area contributed by atoms with Crippen LogP contribution in [0.3, 0.4) is 0 Å². The summed E-state index contributed by atoms with van der Waals surface area (Å²) in [4.78, 5) is 53.7. The molecule has 3 amide bonds. The first kappa shape index (κ1) is 27.9. The lowest BCUT2D eigenvalue weighted by molar-refractivity contribution is -0.137. The number of rotatable bonds is 11. The summed E-state index contributed by atoms with van der Waals surface area (Å²) in [5.41, 5.74) is 6.28. The van der Waals surface area contributed by atoms with E-state index in [0.29, 0.717) is 48.0 Å². The molecule has 11 nitrogen and oxygen atoms in total. The van der Waals surface area contributed by atoms with Crippen molar-refractivity contribution in [1.82, 2.24) is 24.9 Å². The van der Waals surface area contributed by atoms with Gasteiger partial charge >= 0.3 is 0 Å². The van der Waals surface area contributed by atoms with E-state index in [1.54, 1.807) is 29.2 Å². The summed E-state index contributed by atoms with van der Waals surface area (Å²) in [5.74, 6) is -1.34. The van der Waals surface area contributed by atoms with Gasteiger partial charge in [-0.1, -0.05) is 24.3 Å². The maximum atomic E-state index is 14.7. The van der Waals surface area contributed by atoms with Crippen molar-refractivity contribution in [2.24, 2.45) is 5.73 Å². The van der Waals surface area contributed by atoms with Crippen LogP contribution in [0.25, 0.3) is 10.8 Å². The lowest BCUT2D eigenvalue weighted by Gasteiger charge is -2.35. The highest BCUT2D eigenvalue weighted by atomic mass is 19.1. The summed E-state index contributed by atoms with van der Waals surface area (Å²) < 4.78 is 20.0. The number of carbonyl (C=O) groups is 3. The molecule has 1 saturated heterocycles. The van der Waals surface area contributed by atoms with E-state index in [9.17, 15) is 23.6 Å². The number of benzene rings is 2. The maximum absolute atomic E-state index is 14.7. The van der Waals surface area contributed by atoms with Gasteiger partial charge in [0.2, 0.25) is 12.3 Å². The highest BCUT2D eigenvalue weighted by Gasteiger charge is 2.27. The van der Waals surface area contributed by atoms with Crippen molar-refractivity contribution >= 4 is 29.0 Å². The minimum atomic E-state index is -0.639. The van der Waals surface area contributed by atoms with Crippen molar-refractivity contribution in [3.63, 3.8) is 0 Å². The van der Waals surface area contributed by atoms with Crippen LogP contribution in [0.1, 0.15) is 21.6 Å². The second kappa shape index (κ2) is 13.1. The second-order valence-corrected chi connectivity index (χ2v) is 9.19. The van der Waals surface area contributed by atoms with Crippen LogP contribution in [0.2, 0.25) is 0 Å². The first-order chi connectivity index (χ1) is 18.9. The van der Waals surface area contributed by atoms with Crippen LogP contribution in [0, 0.1) is 5.82 Å². The van der Waals surface area contributed by atoms with E-state index in [1.807, 2.05) is 6.07 Å². The fourth-order valence-corrected chi connectivity index (χ4v) is 4.49. The van der Waals surface area contributed by atoms with Crippen molar-refractivity contribution in [2.45, 2.75) is 6.42 Å². The van der Waals surface area contributed by atoms with Crippen LogP contribution >= 0.6 is 0 Å². The van der Waals surface area contributed by atoms with Gasteiger partial charge in [-0.15, -0.1) is 0 Å². The van der Waals surface area contributed by atoms with Crippen LogP contribution in [-0.4, -0.2) is 102 Å². The molecule has 1 aliphatic heterocycles. The Balaban J connectivity index is 1.37. The summed E-state index contributed by atoms with van der Waals surface area (Å²) >= 11 is 0. The number of carbonyl (C=O) groups excluding carboxylic acids is 3. The molecule has 2 aromatic carbocycles. The zero-order valence-corrected chi connectivity index (χ0v) is 21.5. The first-order valence-electron chi connectivity index (χ1n) is 12.7. The SMILES string of the molecule is NCCOCCN(C=O)CC(=O)N1CCN(C(=O)c2cc(Cc3n[nH]c(=O)c4ccccc34)ccc2F)CC1. The fourth-order valence-electron chi connectivity index (χ4n) is 4.49. The Morgan fingerprint density at radius 2 is 1.79 bits per heavy atom. The molecule has 1 fully saturated rings. The first-order valence-corrected chi connectivity index (χ1v) is 12.7. The van der Waals surface area contributed by atoms with Crippen molar-refractivity contribution < 1.29 is 23.5 Å². The smallest absolute Gasteiger partial charge is 0.272 e. The van der Waals surface area contributed by atoms with E-state index in [4.69, 9.17) is 10.5 Å². The number of nitrogens with two attached hydrogens (primary N) is 1. The average Bonchev–Trinajstić information content (AvgIpc) is 2.97. The molecule has 1 aromatic heterocycles. The lowest BCUT2D eigenvalue weighted by Crippen LogP contribution is -2.52. The molecule has 0 atom stereocenters. The molecule has 206 valence electrons. The maximum Gasteiger partial charge on any atom is 0.272 e. The third-order valence-corrected chi connectivity index (χ3v) is 6.60. The number of nitrogens with zero attached hydrogens (tertiary/aromatic N) is 4. The Hall–Kier alpha value is -4.16. The van der Waals surface area contributed by atoms with Gasteiger partial charge in [0.05, 0.1) is 36.4 Å². The molecule has 3 aromatic rings. The number of aromatic nitrogens is 2. The number of amides is 3. The molecule has 12 heteroatoms. The van der Waals surface area contributed by atoms with Gasteiger partial charge < -0.3 is 25.2 Å². The zero-order chi connectivity index (χ0) is 27.8. The molecule has 2 heterocycles. The summed E-state index contributed by atoms with van der Waals surface area (Å²) in [6.07, 6.45) is 0.898. The number of nitrogens with one attached hydrogen (secondary N) is 1. The van der Waals surface area contributed by atoms with E-state index in [-0.39, 0.29) is 62.9 Å². The molecule has 39 heavy (non-hydrogen) atoms. The quantitative estimate of drug-likeness (QED) is 0.265. The number of aromatic amines is 1. The number of piperazine rings is 1. The van der Waals surface area contributed by atoms with Crippen LogP contribution in [0.4, 0.5) is 4.39 Å². The molecule has 0 aliphatic carbocycles. The monoisotopic (exact) mass is 538 g/mol. The van der Waals surface area contributed by atoms with E-state index in [0.717, 1.165) is 0 Å². The van der Waals surface area contributed by atoms with Gasteiger partial charge in [0.15, 0.2) is 0 Å². The van der Waals surface area contributed by atoms with Crippen molar-refractivity contribution in [2.75, 3.05) is 59.0 Å². The molecular weight excluding hydrogens is 507 g/mol. The number of ether oxygens (including phenoxy) is 1. The number of hydrogen-bond donors (Lipinski definition) is 2. The Kier molecular flexibility index (Phi) is 9.34. The average molecular weight is 539 g/mol. The van der Waals surface area contributed by atoms with E-state index < -0.39 is 11.7 Å². The van der Waals surface area contributed by atoms with Crippen LogP contribution in [0.15, 0.2) is 47.3 Å². The predicted octanol–water partition coefficient (Wildman–Crippen LogP) is 0.371. The number of hydrogen-bond acceptors (Lipinski definition) is 7. The Morgan fingerprint density at radius 3 is 2.51 bits per heavy atom. The molecular formula is C27H31FN6O5. The predicted molar refractivity (Wildman–Crippen MR) is 142 cm³/mol. The van der Waals surface area contributed by atoms with Gasteiger partial charge in [-0.05, 0) is 23.8 Å². The number of H-pyrrole nitrogens is 1. The molecule has 1 aliphatic rings. The topological polar surface area (TPSA) is 142 Å². The van der Waals surface area contributed by atoms with Crippen molar-refractivity contribution in [3.05, 3.63) is 75.5 Å². The normalized spacial score (nSPS) is 13.5. The molecule has 0 spiro atoms. The lowest BCUT2D eigenvalue weighted by atomic mass is 10.0. The highest BCUT2D eigenvalue weighted by molar-refractivity contribution is 5.95. The third-order valence-electron chi connectivity index (χ3n) is 6.60. The van der Waals surface area contributed by atoms with Gasteiger partial charge in [0, 0.05) is 51.1 Å². The zero-order valence-electron chi connectivity index (χ0n) is 21.5. The fraction of sp³-hybridized carbons (Fsp3) is 0.370. The Bertz CT molecular complexity index is 1390. The highest BCUT2D eigenvalue weighted by Crippen LogP contribution is 2.20. The minimum Gasteiger partial charge on any atom is -0.378 e. The van der Waals surface area contributed by atoms with E-state index in [1.165, 1.54) is 21.9 Å².